The van der Waals surface area contributed by atoms with E-state index >= 15 is 0 Å². The molecule has 0 aromatic heterocycles. The van der Waals surface area contributed by atoms with Crippen molar-refractivity contribution < 1.29 is 9.84 Å². The van der Waals surface area contributed by atoms with Crippen molar-refractivity contribution in [2.45, 2.75) is 95.1 Å². The Morgan fingerprint density at radius 1 is 1.22 bits per heavy atom. The van der Waals surface area contributed by atoms with Crippen molar-refractivity contribution in [1.29, 1.82) is 0 Å². The molecule has 1 aromatic rings. The number of rotatable bonds is 8. The average Bonchev–Trinajstić information content (AvgIpc) is 3.08. The number of ether oxygens (including phenoxy) is 1. The fourth-order valence-electron chi connectivity index (χ4n) is 5.02. The van der Waals surface area contributed by atoms with Crippen LogP contribution in [0.5, 0.6) is 0 Å². The van der Waals surface area contributed by atoms with Gasteiger partial charge in [0.1, 0.15) is 0 Å². The fourth-order valence-corrected chi connectivity index (χ4v) is 5.02. The van der Waals surface area contributed by atoms with Gasteiger partial charge in [-0.15, -0.1) is 0 Å². The molecule has 0 saturated heterocycles. The van der Waals surface area contributed by atoms with Gasteiger partial charge in [0.05, 0.1) is 12.2 Å². The second kappa shape index (κ2) is 8.63. The predicted molar refractivity (Wildman–Crippen MR) is 112 cm³/mol. The summed E-state index contributed by atoms with van der Waals surface area (Å²) in [7, 11) is 1.81. The van der Waals surface area contributed by atoms with Crippen LogP contribution in [0, 0.1) is 5.92 Å². The van der Waals surface area contributed by atoms with Crippen molar-refractivity contribution in [1.82, 2.24) is 0 Å². The number of aliphatic hydroxyl groups excluding tert-OH is 1. The maximum absolute atomic E-state index is 9.53. The zero-order valence-corrected chi connectivity index (χ0v) is 17.6. The lowest BCUT2D eigenvalue weighted by molar-refractivity contribution is 0.0131. The van der Waals surface area contributed by atoms with E-state index < -0.39 is 0 Å². The third-order valence-electron chi connectivity index (χ3n) is 7.18. The van der Waals surface area contributed by atoms with E-state index in [1.54, 1.807) is 11.1 Å². The van der Waals surface area contributed by atoms with Gasteiger partial charge in [0.15, 0.2) is 0 Å². The summed E-state index contributed by atoms with van der Waals surface area (Å²) < 4.78 is 5.53. The van der Waals surface area contributed by atoms with E-state index in [4.69, 9.17) is 10.5 Å². The highest BCUT2D eigenvalue weighted by atomic mass is 16.5. The normalized spacial score (nSPS) is 28.3. The van der Waals surface area contributed by atoms with Gasteiger partial charge < -0.3 is 15.6 Å². The molecule has 3 atom stereocenters. The molecule has 0 aliphatic heterocycles. The minimum atomic E-state index is -0.358. The third kappa shape index (κ3) is 5.34. The Kier molecular flexibility index (Phi) is 6.66. The van der Waals surface area contributed by atoms with Crippen LogP contribution in [0.2, 0.25) is 0 Å². The minimum Gasteiger partial charge on any atom is -0.394 e. The molecule has 152 valence electrons. The van der Waals surface area contributed by atoms with Crippen molar-refractivity contribution in [2.75, 3.05) is 13.7 Å². The van der Waals surface area contributed by atoms with Gasteiger partial charge in [-0.25, -0.2) is 0 Å². The second-order valence-electron chi connectivity index (χ2n) is 9.81. The largest absolute Gasteiger partial charge is 0.394 e. The predicted octanol–water partition coefficient (Wildman–Crippen LogP) is 4.73. The number of nitrogens with two attached hydrogens (primary N) is 1. The molecular weight excluding hydrogens is 334 g/mol. The zero-order valence-electron chi connectivity index (χ0n) is 17.6. The van der Waals surface area contributed by atoms with Crippen LogP contribution in [0.25, 0.3) is 0 Å². The van der Waals surface area contributed by atoms with Gasteiger partial charge in [-0.1, -0.05) is 37.5 Å². The van der Waals surface area contributed by atoms with E-state index in [9.17, 15) is 5.11 Å². The fraction of sp³-hybridized carbons (Fsp3) is 0.750. The first-order chi connectivity index (χ1) is 12.8. The Morgan fingerprint density at radius 3 is 2.74 bits per heavy atom. The summed E-state index contributed by atoms with van der Waals surface area (Å²) >= 11 is 0. The highest BCUT2D eigenvalue weighted by Gasteiger charge is 2.36. The molecule has 1 aromatic carbocycles. The van der Waals surface area contributed by atoms with E-state index in [1.807, 2.05) is 7.11 Å². The van der Waals surface area contributed by atoms with Crippen LogP contribution in [0.15, 0.2) is 18.2 Å². The Morgan fingerprint density at radius 2 is 2.04 bits per heavy atom. The Balaban J connectivity index is 1.51. The molecule has 0 amide bonds. The van der Waals surface area contributed by atoms with E-state index in [0.717, 1.165) is 31.6 Å². The van der Waals surface area contributed by atoms with Gasteiger partial charge in [0, 0.05) is 12.6 Å². The number of methoxy groups -OCH3 is 1. The molecule has 0 spiro atoms. The Bertz CT molecular complexity index is 627. The Hall–Kier alpha value is -0.900. The van der Waals surface area contributed by atoms with Crippen LogP contribution >= 0.6 is 0 Å². The van der Waals surface area contributed by atoms with E-state index in [0.29, 0.717) is 5.92 Å². The minimum absolute atomic E-state index is 0.0208. The van der Waals surface area contributed by atoms with Crippen molar-refractivity contribution in [3.63, 3.8) is 0 Å². The van der Waals surface area contributed by atoms with Gasteiger partial charge >= 0.3 is 0 Å². The van der Waals surface area contributed by atoms with Crippen LogP contribution in [-0.2, 0) is 17.6 Å². The van der Waals surface area contributed by atoms with Crippen molar-refractivity contribution in [3.05, 3.63) is 34.9 Å². The molecule has 1 unspecified atom stereocenters. The molecule has 2 aliphatic rings. The SMILES string of the molecule is COC(C)(C)CCCCC1CCc2cc([C@H]3CC[C@](N)(CO)C3)ccc2C1. The van der Waals surface area contributed by atoms with Crippen molar-refractivity contribution in [3.8, 4) is 0 Å². The van der Waals surface area contributed by atoms with Crippen molar-refractivity contribution in [2.24, 2.45) is 11.7 Å². The number of fused-ring (bicyclic) bond motifs is 1. The summed E-state index contributed by atoms with van der Waals surface area (Å²) in [5.74, 6) is 1.36. The number of aliphatic hydroxyl groups is 1. The smallest absolute Gasteiger partial charge is 0.0622 e. The maximum atomic E-state index is 9.53. The van der Waals surface area contributed by atoms with Gasteiger partial charge in [-0.3, -0.25) is 0 Å². The molecule has 0 bridgehead atoms. The van der Waals surface area contributed by atoms with Gasteiger partial charge in [0.2, 0.25) is 0 Å². The average molecular weight is 374 g/mol. The van der Waals surface area contributed by atoms with Gasteiger partial charge in [-0.2, -0.15) is 0 Å². The van der Waals surface area contributed by atoms with E-state index in [2.05, 4.69) is 32.0 Å². The first-order valence-corrected chi connectivity index (χ1v) is 10.9. The standard InChI is InChI=1S/C24H39NO2/c1-23(2,27-3)12-5-4-6-18-7-8-20-15-21(10-9-19(20)14-18)22-11-13-24(25,16-22)17-26/h9-10,15,18,22,26H,4-8,11-14,16-17,25H2,1-3H3/t18?,22-,24+/m0/s1. The molecule has 3 heteroatoms. The van der Waals surface area contributed by atoms with Gasteiger partial charge in [-0.05, 0) is 87.3 Å². The molecule has 2 aliphatic carbocycles. The molecule has 3 rings (SSSR count). The molecule has 1 fully saturated rings. The molecular formula is C24H39NO2. The number of benzene rings is 1. The van der Waals surface area contributed by atoms with Gasteiger partial charge in [0.25, 0.3) is 0 Å². The Labute approximate surface area is 165 Å². The molecule has 3 N–H and O–H groups in total. The number of unbranched alkanes of at least 4 members (excludes halogenated alkanes) is 1. The maximum Gasteiger partial charge on any atom is 0.0622 e. The summed E-state index contributed by atoms with van der Waals surface area (Å²) in [6.45, 7) is 4.47. The summed E-state index contributed by atoms with van der Waals surface area (Å²) in [5, 5.41) is 9.53. The lowest BCUT2D eigenvalue weighted by Crippen LogP contribution is -2.40. The first-order valence-electron chi connectivity index (χ1n) is 10.9. The monoisotopic (exact) mass is 373 g/mol. The van der Waals surface area contributed by atoms with Crippen LogP contribution < -0.4 is 5.73 Å². The summed E-state index contributed by atoms with van der Waals surface area (Å²) in [6, 6.07) is 7.15. The van der Waals surface area contributed by atoms with Crippen LogP contribution in [0.3, 0.4) is 0 Å². The molecule has 0 radical (unpaired) electrons. The number of hydrogen-bond acceptors (Lipinski definition) is 3. The lowest BCUT2D eigenvalue weighted by atomic mass is 9.79. The summed E-state index contributed by atoms with van der Waals surface area (Å²) in [6.07, 6.45) is 11.8. The molecule has 1 saturated carbocycles. The zero-order chi connectivity index (χ0) is 19.5. The molecule has 0 heterocycles. The van der Waals surface area contributed by atoms with E-state index in [1.165, 1.54) is 44.1 Å². The summed E-state index contributed by atoms with van der Waals surface area (Å²) in [4.78, 5) is 0. The molecule has 27 heavy (non-hydrogen) atoms. The van der Waals surface area contributed by atoms with Crippen LogP contribution in [0.4, 0.5) is 0 Å². The quantitative estimate of drug-likeness (QED) is 0.648. The highest BCUT2D eigenvalue weighted by Crippen LogP contribution is 2.41. The van der Waals surface area contributed by atoms with E-state index in [-0.39, 0.29) is 17.7 Å². The molecule has 3 nitrogen and oxygen atoms in total. The topological polar surface area (TPSA) is 55.5 Å². The van der Waals surface area contributed by atoms with Crippen molar-refractivity contribution >= 4 is 0 Å². The van der Waals surface area contributed by atoms with Crippen LogP contribution in [0.1, 0.15) is 87.8 Å². The third-order valence-corrected chi connectivity index (χ3v) is 7.18. The van der Waals surface area contributed by atoms with Crippen LogP contribution in [-0.4, -0.2) is 30.0 Å². The second-order valence-corrected chi connectivity index (χ2v) is 9.81. The highest BCUT2D eigenvalue weighted by molar-refractivity contribution is 5.36. The lowest BCUT2D eigenvalue weighted by Gasteiger charge is -2.27. The number of hydrogen-bond donors (Lipinski definition) is 2. The summed E-state index contributed by atoms with van der Waals surface area (Å²) in [5.41, 5.74) is 10.5. The first kappa shape index (κ1) is 20.8. The number of aryl methyl sites for hydroxylation is 1.